The van der Waals surface area contributed by atoms with E-state index in [-0.39, 0.29) is 5.56 Å². The van der Waals surface area contributed by atoms with Crippen molar-refractivity contribution in [2.45, 2.75) is 0 Å². The van der Waals surface area contributed by atoms with E-state index < -0.39 is 0 Å². The summed E-state index contributed by atoms with van der Waals surface area (Å²) >= 11 is 0. The number of pyridine rings is 1. The maximum atomic E-state index is 11.3. The summed E-state index contributed by atoms with van der Waals surface area (Å²) in [6, 6.07) is 3.59. The minimum atomic E-state index is -0.157. The van der Waals surface area contributed by atoms with E-state index in [9.17, 15) is 4.79 Å². The van der Waals surface area contributed by atoms with Crippen LogP contribution in [0.25, 0.3) is 5.69 Å². The zero-order chi connectivity index (χ0) is 9.10. The Balaban J connectivity index is 2.60. The van der Waals surface area contributed by atoms with Crippen LogP contribution >= 0.6 is 0 Å². The first-order valence-electron chi connectivity index (χ1n) is 3.81. The van der Waals surface area contributed by atoms with Gasteiger partial charge >= 0.3 is 0 Å². The number of hydrogen-bond donors (Lipinski definition) is 0. The van der Waals surface area contributed by atoms with Gasteiger partial charge in [-0.05, 0) is 12.1 Å². The van der Waals surface area contributed by atoms with E-state index in [0.29, 0.717) is 0 Å². The van der Waals surface area contributed by atoms with Crippen molar-refractivity contribution in [1.82, 2.24) is 14.5 Å². The van der Waals surface area contributed by atoms with Gasteiger partial charge in [-0.25, -0.2) is 0 Å². The van der Waals surface area contributed by atoms with Crippen molar-refractivity contribution < 1.29 is 0 Å². The molecule has 13 heavy (non-hydrogen) atoms. The summed E-state index contributed by atoms with van der Waals surface area (Å²) in [5.74, 6) is 0. The highest BCUT2D eigenvalue weighted by Crippen LogP contribution is 1.99. The maximum absolute atomic E-state index is 11.3. The molecule has 2 heterocycles. The van der Waals surface area contributed by atoms with Crippen LogP contribution in [-0.2, 0) is 0 Å². The van der Waals surface area contributed by atoms with Crippen molar-refractivity contribution in [2.75, 3.05) is 0 Å². The molecule has 64 valence electrons. The normalized spacial score (nSPS) is 9.85. The average molecular weight is 173 g/mol. The van der Waals surface area contributed by atoms with Crippen LogP contribution in [-0.4, -0.2) is 14.5 Å². The van der Waals surface area contributed by atoms with Crippen molar-refractivity contribution in [3.8, 4) is 5.69 Å². The number of nitrogens with zero attached hydrogens (tertiary/aromatic N) is 3. The number of hydrogen-bond acceptors (Lipinski definition) is 3. The average Bonchev–Trinajstić information content (AvgIpc) is 2.20. The molecule has 0 unspecified atom stereocenters. The molecule has 0 saturated carbocycles. The third kappa shape index (κ3) is 1.46. The van der Waals surface area contributed by atoms with Gasteiger partial charge in [-0.15, -0.1) is 0 Å². The van der Waals surface area contributed by atoms with Crippen molar-refractivity contribution in [2.24, 2.45) is 0 Å². The largest absolute Gasteiger partial charge is 0.280 e. The Bertz CT molecular complexity index is 450. The fourth-order valence-electron chi connectivity index (χ4n) is 1.06. The molecule has 4 heteroatoms. The van der Waals surface area contributed by atoms with Crippen LogP contribution in [0, 0.1) is 0 Å². The molecule has 0 radical (unpaired) electrons. The second kappa shape index (κ2) is 3.18. The third-order valence-corrected chi connectivity index (χ3v) is 1.65. The fraction of sp³-hybridized carbons (Fsp3) is 0. The van der Waals surface area contributed by atoms with Crippen LogP contribution in [0.4, 0.5) is 0 Å². The Hall–Kier alpha value is -1.97. The SMILES string of the molecule is O=c1cnccn1-c1cccnc1. The number of rotatable bonds is 1. The lowest BCUT2D eigenvalue weighted by molar-refractivity contribution is 0.947. The van der Waals surface area contributed by atoms with Crippen LogP contribution in [0.3, 0.4) is 0 Å². The highest BCUT2D eigenvalue weighted by Gasteiger charge is 1.95. The van der Waals surface area contributed by atoms with Gasteiger partial charge in [0.25, 0.3) is 5.56 Å². The molecule has 0 aliphatic heterocycles. The van der Waals surface area contributed by atoms with Gasteiger partial charge < -0.3 is 0 Å². The maximum Gasteiger partial charge on any atom is 0.273 e. The summed E-state index contributed by atoms with van der Waals surface area (Å²) in [4.78, 5) is 18.9. The summed E-state index contributed by atoms with van der Waals surface area (Å²) < 4.78 is 1.49. The van der Waals surface area contributed by atoms with Crippen LogP contribution < -0.4 is 5.56 Å². The first kappa shape index (κ1) is 7.67. The molecule has 0 N–H and O–H groups in total. The van der Waals surface area contributed by atoms with Crippen LogP contribution in [0.1, 0.15) is 0 Å². The Labute approximate surface area is 74.5 Å². The van der Waals surface area contributed by atoms with Crippen molar-refractivity contribution >= 4 is 0 Å². The molecule has 0 bridgehead atoms. The molecule has 2 aromatic heterocycles. The molecule has 2 rings (SSSR count). The second-order valence-electron chi connectivity index (χ2n) is 2.50. The monoisotopic (exact) mass is 173 g/mol. The van der Waals surface area contributed by atoms with E-state index in [4.69, 9.17) is 0 Å². The van der Waals surface area contributed by atoms with Crippen LogP contribution in [0.2, 0.25) is 0 Å². The molecule has 0 aliphatic carbocycles. The third-order valence-electron chi connectivity index (χ3n) is 1.65. The zero-order valence-corrected chi connectivity index (χ0v) is 6.79. The van der Waals surface area contributed by atoms with E-state index in [1.807, 2.05) is 6.07 Å². The smallest absolute Gasteiger partial charge is 0.273 e. The van der Waals surface area contributed by atoms with Gasteiger partial charge in [0.1, 0.15) is 0 Å². The Morgan fingerprint density at radius 2 is 2.00 bits per heavy atom. The molecule has 4 nitrogen and oxygen atoms in total. The summed E-state index contributed by atoms with van der Waals surface area (Å²) in [5.41, 5.74) is 0.588. The lowest BCUT2D eigenvalue weighted by atomic mass is 10.4. The molecular formula is C9H7N3O. The summed E-state index contributed by atoms with van der Waals surface area (Å²) in [6.45, 7) is 0. The molecule has 0 spiro atoms. The van der Waals surface area contributed by atoms with Gasteiger partial charge in [-0.1, -0.05) is 0 Å². The predicted octanol–water partition coefficient (Wildman–Crippen LogP) is 0.627. The molecule has 0 aromatic carbocycles. The van der Waals surface area contributed by atoms with Gasteiger partial charge in [-0.3, -0.25) is 19.3 Å². The summed E-state index contributed by atoms with van der Waals surface area (Å²) in [5, 5.41) is 0. The Morgan fingerprint density at radius 3 is 2.69 bits per heavy atom. The topological polar surface area (TPSA) is 47.8 Å². The van der Waals surface area contributed by atoms with E-state index >= 15 is 0 Å². The van der Waals surface area contributed by atoms with Gasteiger partial charge in [0.05, 0.1) is 18.1 Å². The van der Waals surface area contributed by atoms with Gasteiger partial charge in [0, 0.05) is 18.6 Å². The molecular weight excluding hydrogens is 166 g/mol. The van der Waals surface area contributed by atoms with E-state index in [0.717, 1.165) is 5.69 Å². The molecule has 0 aliphatic rings. The van der Waals surface area contributed by atoms with Gasteiger partial charge in [-0.2, -0.15) is 0 Å². The van der Waals surface area contributed by atoms with E-state index in [1.165, 1.54) is 10.8 Å². The fourth-order valence-corrected chi connectivity index (χ4v) is 1.06. The summed E-state index contributed by atoms with van der Waals surface area (Å²) in [7, 11) is 0. The first-order chi connectivity index (χ1) is 6.38. The quantitative estimate of drug-likeness (QED) is 0.635. The van der Waals surface area contributed by atoms with Gasteiger partial charge in [0.2, 0.25) is 0 Å². The van der Waals surface area contributed by atoms with Crippen LogP contribution in [0.5, 0.6) is 0 Å². The zero-order valence-electron chi connectivity index (χ0n) is 6.79. The predicted molar refractivity (Wildman–Crippen MR) is 47.6 cm³/mol. The molecule has 2 aromatic rings. The molecule has 0 saturated heterocycles. The van der Waals surface area contributed by atoms with Gasteiger partial charge in [0.15, 0.2) is 0 Å². The summed E-state index contributed by atoms with van der Waals surface area (Å²) in [6.07, 6.45) is 7.73. The van der Waals surface area contributed by atoms with E-state index in [2.05, 4.69) is 9.97 Å². The lowest BCUT2D eigenvalue weighted by Crippen LogP contribution is -2.16. The van der Waals surface area contributed by atoms with Crippen LogP contribution in [0.15, 0.2) is 47.9 Å². The Kier molecular flexibility index (Phi) is 1.88. The standard InChI is InChI=1S/C9H7N3O/c13-9-7-11-4-5-12(9)8-2-1-3-10-6-8/h1-7H. The molecule has 0 amide bonds. The van der Waals surface area contributed by atoms with Crippen molar-refractivity contribution in [3.63, 3.8) is 0 Å². The molecule has 0 atom stereocenters. The first-order valence-corrected chi connectivity index (χ1v) is 3.81. The number of aromatic nitrogens is 3. The Morgan fingerprint density at radius 1 is 1.15 bits per heavy atom. The van der Waals surface area contributed by atoms with E-state index in [1.54, 1.807) is 30.9 Å². The lowest BCUT2D eigenvalue weighted by Gasteiger charge is -2.01. The molecule has 0 fully saturated rings. The minimum Gasteiger partial charge on any atom is -0.280 e. The minimum absolute atomic E-state index is 0.157. The second-order valence-corrected chi connectivity index (χ2v) is 2.50. The van der Waals surface area contributed by atoms with Crippen molar-refractivity contribution in [1.29, 1.82) is 0 Å². The van der Waals surface area contributed by atoms with Crippen molar-refractivity contribution in [3.05, 3.63) is 53.5 Å². The highest BCUT2D eigenvalue weighted by atomic mass is 16.1. The highest BCUT2D eigenvalue weighted by molar-refractivity contribution is 5.27.